The summed E-state index contributed by atoms with van der Waals surface area (Å²) in [5.41, 5.74) is 1.60. The Hall–Kier alpha value is -1.07. The maximum Gasteiger partial charge on any atom is 0.191 e. The number of likely N-dealkylation sites (N-methyl/N-ethyl adjacent to an activating group) is 1. The molecule has 2 aliphatic rings. The molecule has 0 aromatic carbocycles. The van der Waals surface area contributed by atoms with Crippen LogP contribution in [0.15, 0.2) is 16.6 Å². The van der Waals surface area contributed by atoms with Crippen LogP contribution >= 0.6 is 0 Å². The molecule has 1 aliphatic heterocycles. The van der Waals surface area contributed by atoms with Gasteiger partial charge in [-0.15, -0.1) is 0 Å². The van der Waals surface area contributed by atoms with Gasteiger partial charge in [-0.2, -0.15) is 0 Å². The number of nitrogens with one attached hydrogen (secondary N) is 2. The van der Waals surface area contributed by atoms with E-state index in [0.717, 1.165) is 45.2 Å². The smallest absolute Gasteiger partial charge is 0.191 e. The van der Waals surface area contributed by atoms with Crippen LogP contribution in [-0.2, 0) is 4.74 Å². The van der Waals surface area contributed by atoms with Gasteiger partial charge in [0.15, 0.2) is 5.96 Å². The van der Waals surface area contributed by atoms with Crippen LogP contribution < -0.4 is 10.6 Å². The largest absolute Gasteiger partial charge is 0.374 e. The SMILES string of the molecule is CN=C(NCCC1=CCCCC1)NCC1CN(C)CCO1. The minimum Gasteiger partial charge on any atom is -0.374 e. The number of allylic oxidation sites excluding steroid dienone is 1. The second-order valence-electron chi connectivity index (χ2n) is 5.99. The molecule has 0 aromatic rings. The van der Waals surface area contributed by atoms with E-state index in [-0.39, 0.29) is 6.10 Å². The van der Waals surface area contributed by atoms with Gasteiger partial charge in [-0.3, -0.25) is 4.99 Å². The Bertz CT molecular complexity index is 367. The molecule has 1 atom stereocenters. The zero-order valence-electron chi connectivity index (χ0n) is 13.5. The summed E-state index contributed by atoms with van der Waals surface area (Å²) < 4.78 is 5.75. The molecule has 1 fully saturated rings. The summed E-state index contributed by atoms with van der Waals surface area (Å²) >= 11 is 0. The molecule has 1 unspecified atom stereocenters. The van der Waals surface area contributed by atoms with Crippen molar-refractivity contribution in [2.75, 3.05) is 46.9 Å². The summed E-state index contributed by atoms with van der Waals surface area (Å²) in [6.07, 6.45) is 9.03. The predicted molar refractivity (Wildman–Crippen MR) is 87.8 cm³/mol. The minimum absolute atomic E-state index is 0.253. The van der Waals surface area contributed by atoms with E-state index in [1.54, 1.807) is 5.57 Å². The molecule has 5 nitrogen and oxygen atoms in total. The number of hydrogen-bond donors (Lipinski definition) is 2. The molecule has 2 rings (SSSR count). The van der Waals surface area contributed by atoms with Crippen LogP contribution in [0.1, 0.15) is 32.1 Å². The van der Waals surface area contributed by atoms with Gasteiger partial charge in [0.05, 0.1) is 12.7 Å². The lowest BCUT2D eigenvalue weighted by Gasteiger charge is -2.30. The molecule has 120 valence electrons. The molecule has 21 heavy (non-hydrogen) atoms. The van der Waals surface area contributed by atoms with Crippen LogP contribution in [0.25, 0.3) is 0 Å². The van der Waals surface area contributed by atoms with E-state index in [9.17, 15) is 0 Å². The van der Waals surface area contributed by atoms with Gasteiger partial charge in [-0.25, -0.2) is 0 Å². The number of ether oxygens (including phenoxy) is 1. The average molecular weight is 294 g/mol. The molecular formula is C16H30N4O. The van der Waals surface area contributed by atoms with Crippen LogP contribution in [-0.4, -0.2) is 63.8 Å². The van der Waals surface area contributed by atoms with Crippen LogP contribution in [0.5, 0.6) is 0 Å². The second-order valence-corrected chi connectivity index (χ2v) is 5.99. The van der Waals surface area contributed by atoms with E-state index in [1.165, 1.54) is 25.7 Å². The zero-order chi connectivity index (χ0) is 14.9. The molecule has 1 aliphatic carbocycles. The highest BCUT2D eigenvalue weighted by atomic mass is 16.5. The summed E-state index contributed by atoms with van der Waals surface area (Å²) in [4.78, 5) is 6.59. The van der Waals surface area contributed by atoms with Gasteiger partial charge in [0.2, 0.25) is 0 Å². The zero-order valence-corrected chi connectivity index (χ0v) is 13.5. The lowest BCUT2D eigenvalue weighted by atomic mass is 9.97. The molecule has 0 amide bonds. The molecule has 0 aromatic heterocycles. The van der Waals surface area contributed by atoms with E-state index in [1.807, 2.05) is 7.05 Å². The maximum absolute atomic E-state index is 5.75. The Morgan fingerprint density at radius 2 is 2.33 bits per heavy atom. The van der Waals surface area contributed by atoms with E-state index >= 15 is 0 Å². The van der Waals surface area contributed by atoms with Crippen molar-refractivity contribution in [2.45, 2.75) is 38.2 Å². The third kappa shape index (κ3) is 6.06. The van der Waals surface area contributed by atoms with Gasteiger partial charge >= 0.3 is 0 Å². The third-order valence-electron chi connectivity index (χ3n) is 4.19. The van der Waals surface area contributed by atoms with Crippen LogP contribution in [0.2, 0.25) is 0 Å². The molecule has 1 heterocycles. The van der Waals surface area contributed by atoms with Gasteiger partial charge < -0.3 is 20.3 Å². The normalized spacial score (nSPS) is 24.6. The summed E-state index contributed by atoms with van der Waals surface area (Å²) in [6.45, 7) is 4.60. The monoisotopic (exact) mass is 294 g/mol. The number of rotatable bonds is 5. The first-order valence-electron chi connectivity index (χ1n) is 8.20. The number of hydrogen-bond acceptors (Lipinski definition) is 3. The van der Waals surface area contributed by atoms with Gasteiger partial charge in [0.25, 0.3) is 0 Å². The molecule has 5 heteroatoms. The fourth-order valence-electron chi connectivity index (χ4n) is 2.89. The number of guanidine groups is 1. The lowest BCUT2D eigenvalue weighted by molar-refractivity contribution is -0.0161. The predicted octanol–water partition coefficient (Wildman–Crippen LogP) is 1.37. The van der Waals surface area contributed by atoms with Crippen molar-refractivity contribution in [3.8, 4) is 0 Å². The summed E-state index contributed by atoms with van der Waals surface area (Å²) in [5, 5.41) is 6.76. The van der Waals surface area contributed by atoms with Gasteiger partial charge in [0, 0.05) is 33.2 Å². The van der Waals surface area contributed by atoms with Gasteiger partial charge in [-0.1, -0.05) is 11.6 Å². The van der Waals surface area contributed by atoms with Crippen molar-refractivity contribution in [3.05, 3.63) is 11.6 Å². The number of nitrogens with zero attached hydrogens (tertiary/aromatic N) is 2. The number of morpholine rings is 1. The fraction of sp³-hybridized carbons (Fsp3) is 0.812. The Balaban J connectivity index is 1.62. The topological polar surface area (TPSA) is 48.9 Å². The Morgan fingerprint density at radius 1 is 1.43 bits per heavy atom. The van der Waals surface area contributed by atoms with Crippen LogP contribution in [0.3, 0.4) is 0 Å². The Labute approximate surface area is 128 Å². The Kier molecular flexibility index (Phi) is 7.03. The maximum atomic E-state index is 5.75. The van der Waals surface area contributed by atoms with Gasteiger partial charge in [-0.05, 0) is 39.2 Å². The first-order chi connectivity index (χ1) is 10.3. The van der Waals surface area contributed by atoms with Crippen LogP contribution in [0.4, 0.5) is 0 Å². The van der Waals surface area contributed by atoms with Gasteiger partial charge in [0.1, 0.15) is 0 Å². The highest BCUT2D eigenvalue weighted by Gasteiger charge is 2.17. The van der Waals surface area contributed by atoms with Crippen molar-refractivity contribution < 1.29 is 4.74 Å². The molecule has 0 saturated carbocycles. The summed E-state index contributed by atoms with van der Waals surface area (Å²) in [6, 6.07) is 0. The highest BCUT2D eigenvalue weighted by Crippen LogP contribution is 2.19. The lowest BCUT2D eigenvalue weighted by Crippen LogP contribution is -2.48. The molecule has 2 N–H and O–H groups in total. The molecule has 0 bridgehead atoms. The van der Waals surface area contributed by atoms with Crippen LogP contribution in [0, 0.1) is 0 Å². The molecular weight excluding hydrogens is 264 g/mol. The van der Waals surface area contributed by atoms with E-state index in [2.05, 4.69) is 33.6 Å². The second kappa shape index (κ2) is 9.05. The first kappa shape index (κ1) is 16.3. The third-order valence-corrected chi connectivity index (χ3v) is 4.19. The van der Waals surface area contributed by atoms with E-state index < -0.39 is 0 Å². The van der Waals surface area contributed by atoms with Crippen molar-refractivity contribution in [1.82, 2.24) is 15.5 Å². The molecule has 0 radical (unpaired) electrons. The summed E-state index contributed by atoms with van der Waals surface area (Å²) in [5.74, 6) is 0.878. The molecule has 1 saturated heterocycles. The van der Waals surface area contributed by atoms with Crippen molar-refractivity contribution in [1.29, 1.82) is 0 Å². The van der Waals surface area contributed by atoms with Crippen molar-refractivity contribution in [2.24, 2.45) is 4.99 Å². The number of aliphatic imine (C=N–C) groups is 1. The fourth-order valence-corrected chi connectivity index (χ4v) is 2.89. The highest BCUT2D eigenvalue weighted by molar-refractivity contribution is 5.79. The minimum atomic E-state index is 0.253. The van der Waals surface area contributed by atoms with E-state index in [0.29, 0.717) is 0 Å². The standard InChI is InChI=1S/C16H30N4O/c1-17-16(18-9-8-14-6-4-3-5-7-14)19-12-15-13-20(2)10-11-21-15/h6,15H,3-5,7-13H2,1-2H3,(H2,17,18,19). The summed E-state index contributed by atoms with van der Waals surface area (Å²) in [7, 11) is 3.96. The van der Waals surface area contributed by atoms with E-state index in [4.69, 9.17) is 4.74 Å². The Morgan fingerprint density at radius 3 is 3.05 bits per heavy atom. The average Bonchev–Trinajstić information content (AvgIpc) is 2.52. The first-order valence-corrected chi connectivity index (χ1v) is 8.20. The van der Waals surface area contributed by atoms with Crippen molar-refractivity contribution in [3.63, 3.8) is 0 Å². The molecule has 0 spiro atoms. The quantitative estimate of drug-likeness (QED) is 0.457. The van der Waals surface area contributed by atoms with Crippen molar-refractivity contribution >= 4 is 5.96 Å².